The molecule has 3 rings (SSSR count). The van der Waals surface area contributed by atoms with Crippen LogP contribution in [0.3, 0.4) is 0 Å². The maximum atomic E-state index is 14.2. The van der Waals surface area contributed by atoms with Crippen molar-refractivity contribution in [2.45, 2.75) is 65.3 Å². The van der Waals surface area contributed by atoms with Crippen LogP contribution in [0.15, 0.2) is 36.9 Å². The zero-order valence-corrected chi connectivity index (χ0v) is 23.4. The van der Waals surface area contributed by atoms with E-state index in [0.29, 0.717) is 35.0 Å². The summed E-state index contributed by atoms with van der Waals surface area (Å²) in [5.74, 6) is -0.200. The summed E-state index contributed by atoms with van der Waals surface area (Å²) in [5, 5.41) is 6.77. The van der Waals surface area contributed by atoms with Gasteiger partial charge in [-0.05, 0) is 51.8 Å². The van der Waals surface area contributed by atoms with E-state index in [2.05, 4.69) is 25.1 Å². The number of halogens is 1. The summed E-state index contributed by atoms with van der Waals surface area (Å²) in [7, 11) is -3.49. The number of nitrogens with zero attached hydrogens (tertiary/aromatic N) is 4. The first-order valence-electron chi connectivity index (χ1n) is 12.1. The summed E-state index contributed by atoms with van der Waals surface area (Å²) in [6, 6.07) is 6.92. The summed E-state index contributed by atoms with van der Waals surface area (Å²) < 4.78 is 27.3. The van der Waals surface area contributed by atoms with E-state index in [9.17, 15) is 9.36 Å². The smallest absolute Gasteiger partial charge is 0.326 e. The molecule has 0 unspecified atom stereocenters. The molecule has 0 fully saturated rings. The number of benzene rings is 1. The minimum absolute atomic E-state index is 0.180. The highest BCUT2D eigenvalue weighted by Crippen LogP contribution is 2.42. The van der Waals surface area contributed by atoms with Gasteiger partial charge in [0, 0.05) is 11.1 Å². The lowest BCUT2D eigenvalue weighted by molar-refractivity contribution is -0.149. The molecule has 0 bridgehead atoms. The van der Waals surface area contributed by atoms with Crippen LogP contribution in [0.25, 0.3) is 11.2 Å². The monoisotopic (exact) mass is 551 g/mol. The predicted molar refractivity (Wildman–Crippen MR) is 144 cm³/mol. The first kappa shape index (κ1) is 29.0. The third-order valence-electron chi connectivity index (χ3n) is 5.60. The number of ether oxygens (including phenoxy) is 2. The maximum Gasteiger partial charge on any atom is 0.326 e. The molecule has 4 N–H and O–H groups in total. The van der Waals surface area contributed by atoms with Crippen LogP contribution >= 0.6 is 19.0 Å². The van der Waals surface area contributed by atoms with Crippen molar-refractivity contribution in [1.29, 1.82) is 0 Å². The maximum absolute atomic E-state index is 14.2. The van der Waals surface area contributed by atoms with Crippen LogP contribution in [0.2, 0.25) is 5.02 Å². The number of anilines is 1. The number of hydrogen-bond donors (Lipinski definition) is 3. The van der Waals surface area contributed by atoms with E-state index in [4.69, 9.17) is 26.8 Å². The number of rotatable bonds is 13. The molecule has 0 aliphatic heterocycles. The van der Waals surface area contributed by atoms with Crippen molar-refractivity contribution in [3.05, 3.63) is 47.5 Å². The van der Waals surface area contributed by atoms with Crippen LogP contribution in [-0.4, -0.2) is 50.1 Å². The Hall–Kier alpha value is -2.56. The summed E-state index contributed by atoms with van der Waals surface area (Å²) in [6.07, 6.45) is 3.13. The fourth-order valence-electron chi connectivity index (χ4n) is 3.71. The number of carbonyl (C=O) groups is 1. The second-order valence-electron chi connectivity index (χ2n) is 9.45. The number of imidazole rings is 1. The van der Waals surface area contributed by atoms with E-state index < -0.39 is 19.0 Å². The normalized spacial score (nSPS) is 15.3. The van der Waals surface area contributed by atoms with Gasteiger partial charge in [-0.15, -0.1) is 0 Å². The SMILES string of the molecule is CCCOC(=O)C(C)(C)N[P@](=O)(CO[C@H](C)Cn1cnc2c(N)ncnc21)N[C@H](C)c1ccc(Cl)cc1. The van der Waals surface area contributed by atoms with E-state index in [1.165, 1.54) is 6.33 Å². The van der Waals surface area contributed by atoms with Gasteiger partial charge in [0.2, 0.25) is 7.44 Å². The van der Waals surface area contributed by atoms with Crippen molar-refractivity contribution in [2.75, 3.05) is 18.7 Å². The van der Waals surface area contributed by atoms with Crippen molar-refractivity contribution in [3.8, 4) is 0 Å². The van der Waals surface area contributed by atoms with Crippen molar-refractivity contribution in [3.63, 3.8) is 0 Å². The Balaban J connectivity index is 1.76. The zero-order valence-electron chi connectivity index (χ0n) is 21.8. The standard InChI is InChI=1S/C24H35ClN7O4P/c1-6-11-35-23(33)24(4,5)31-37(34,30-17(3)18-7-9-19(25)10-8-18)15-36-16(2)12-32-14-29-20-21(26)27-13-28-22(20)32/h7-10,13-14,16-17H,6,11-12,15H2,1-5H3,(H2,26,27,28)(H2,30,31,34)/t16-,17-,37+/m1/s1. The molecule has 1 aromatic carbocycles. The third-order valence-corrected chi connectivity index (χ3v) is 8.09. The fourth-order valence-corrected chi connectivity index (χ4v) is 6.27. The van der Waals surface area contributed by atoms with E-state index in [0.717, 1.165) is 5.56 Å². The molecule has 2 aromatic heterocycles. The molecule has 3 aromatic rings. The molecule has 11 nitrogen and oxygen atoms in total. The second-order valence-corrected chi connectivity index (χ2v) is 12.1. The van der Waals surface area contributed by atoms with Crippen LogP contribution < -0.4 is 15.9 Å². The number of nitrogens with two attached hydrogens (primary N) is 1. The van der Waals surface area contributed by atoms with Gasteiger partial charge in [0.25, 0.3) is 0 Å². The number of nitrogen functional groups attached to an aromatic ring is 1. The number of esters is 1. The molecule has 3 atom stereocenters. The molecule has 0 saturated carbocycles. The van der Waals surface area contributed by atoms with Gasteiger partial charge in [-0.3, -0.25) is 9.36 Å². The number of aromatic nitrogens is 4. The van der Waals surface area contributed by atoms with Crippen molar-refractivity contribution in [2.24, 2.45) is 0 Å². The largest absolute Gasteiger partial charge is 0.464 e. The van der Waals surface area contributed by atoms with E-state index in [1.807, 2.05) is 32.9 Å². The average molecular weight is 552 g/mol. The Bertz CT molecular complexity index is 1250. The van der Waals surface area contributed by atoms with Gasteiger partial charge < -0.3 is 19.8 Å². The molecule has 202 valence electrons. The Labute approximate surface area is 222 Å². The van der Waals surface area contributed by atoms with Crippen LogP contribution in [0.4, 0.5) is 5.82 Å². The Kier molecular flexibility index (Phi) is 9.66. The molecule has 0 aliphatic carbocycles. The number of fused-ring (bicyclic) bond motifs is 1. The molecule has 2 heterocycles. The summed E-state index contributed by atoms with van der Waals surface area (Å²) in [4.78, 5) is 25.1. The van der Waals surface area contributed by atoms with Crippen LogP contribution in [-0.2, 0) is 25.4 Å². The van der Waals surface area contributed by atoms with Crippen LogP contribution in [0.1, 0.15) is 52.6 Å². The predicted octanol–water partition coefficient (Wildman–Crippen LogP) is 4.29. The lowest BCUT2D eigenvalue weighted by Gasteiger charge is -2.33. The molecular formula is C24H35ClN7O4P. The lowest BCUT2D eigenvalue weighted by Crippen LogP contribution is -2.49. The number of nitrogens with one attached hydrogen (secondary N) is 2. The van der Waals surface area contributed by atoms with E-state index in [-0.39, 0.29) is 25.1 Å². The molecule has 13 heteroatoms. The minimum atomic E-state index is -3.49. The van der Waals surface area contributed by atoms with Gasteiger partial charge in [0.15, 0.2) is 11.5 Å². The molecule has 0 amide bonds. The zero-order chi connectivity index (χ0) is 27.2. The van der Waals surface area contributed by atoms with Crippen molar-refractivity contribution in [1.82, 2.24) is 29.7 Å². The van der Waals surface area contributed by atoms with Crippen LogP contribution in [0, 0.1) is 0 Å². The van der Waals surface area contributed by atoms with Crippen molar-refractivity contribution >= 4 is 42.0 Å². The second kappa shape index (κ2) is 12.3. The lowest BCUT2D eigenvalue weighted by atomic mass is 10.1. The third kappa shape index (κ3) is 7.72. The Morgan fingerprint density at radius 1 is 1.22 bits per heavy atom. The van der Waals surface area contributed by atoms with Gasteiger partial charge in [0.05, 0.1) is 25.6 Å². The Morgan fingerprint density at radius 3 is 2.59 bits per heavy atom. The fraction of sp³-hybridized carbons (Fsp3) is 0.500. The number of hydrogen-bond acceptors (Lipinski definition) is 8. The summed E-state index contributed by atoms with van der Waals surface area (Å²) in [5.41, 5.74) is 6.62. The highest BCUT2D eigenvalue weighted by molar-refractivity contribution is 7.59. The topological polar surface area (TPSA) is 146 Å². The minimum Gasteiger partial charge on any atom is -0.464 e. The molecule has 0 spiro atoms. The van der Waals surface area contributed by atoms with E-state index in [1.54, 1.807) is 36.9 Å². The van der Waals surface area contributed by atoms with Crippen LogP contribution in [0.5, 0.6) is 0 Å². The first-order valence-corrected chi connectivity index (χ1v) is 14.3. The molecular weight excluding hydrogens is 517 g/mol. The Morgan fingerprint density at radius 2 is 1.92 bits per heavy atom. The van der Waals surface area contributed by atoms with Gasteiger partial charge in [-0.1, -0.05) is 30.7 Å². The molecule has 0 saturated heterocycles. The van der Waals surface area contributed by atoms with Gasteiger partial charge in [-0.25, -0.2) is 25.1 Å². The van der Waals surface area contributed by atoms with Gasteiger partial charge in [-0.2, -0.15) is 0 Å². The highest BCUT2D eigenvalue weighted by atomic mass is 35.5. The summed E-state index contributed by atoms with van der Waals surface area (Å²) >= 11 is 6.02. The average Bonchev–Trinajstić information content (AvgIpc) is 3.25. The summed E-state index contributed by atoms with van der Waals surface area (Å²) in [6.45, 7) is 9.59. The van der Waals surface area contributed by atoms with Crippen molar-refractivity contribution < 1.29 is 18.8 Å². The van der Waals surface area contributed by atoms with Gasteiger partial charge in [0.1, 0.15) is 23.7 Å². The first-order chi connectivity index (χ1) is 17.4. The molecule has 0 aliphatic rings. The number of carbonyl (C=O) groups excluding carboxylic acids is 1. The van der Waals surface area contributed by atoms with Gasteiger partial charge >= 0.3 is 5.97 Å². The molecule has 37 heavy (non-hydrogen) atoms. The molecule has 0 radical (unpaired) electrons. The quantitative estimate of drug-likeness (QED) is 0.207. The highest BCUT2D eigenvalue weighted by Gasteiger charge is 2.38. The van der Waals surface area contributed by atoms with E-state index >= 15 is 0 Å².